The molecule has 1 unspecified atom stereocenters. The van der Waals surface area contributed by atoms with Crippen LogP contribution in [-0.4, -0.2) is 45.2 Å². The van der Waals surface area contributed by atoms with E-state index in [0.29, 0.717) is 5.56 Å². The lowest BCUT2D eigenvalue weighted by atomic mass is 10.1. The van der Waals surface area contributed by atoms with Crippen molar-refractivity contribution in [1.29, 1.82) is 0 Å². The number of aliphatic hydroxyl groups excluding tert-OH is 1. The largest absolute Gasteiger partial charge is 0.587 e. The van der Waals surface area contributed by atoms with Gasteiger partial charge in [0.25, 0.3) is 0 Å². The Balaban J connectivity index is 2.69. The molecule has 0 radical (unpaired) electrons. The summed E-state index contributed by atoms with van der Waals surface area (Å²) in [4.78, 5) is 31.6. The molecule has 11 heteroatoms. The molecule has 24 heavy (non-hydrogen) atoms. The number of carboxylic acid groups (broad SMARTS) is 1. The van der Waals surface area contributed by atoms with Crippen LogP contribution in [0.1, 0.15) is 12.5 Å². The second kappa shape index (κ2) is 8.22. The van der Waals surface area contributed by atoms with Gasteiger partial charge >= 0.3 is 19.8 Å². The van der Waals surface area contributed by atoms with Crippen molar-refractivity contribution >= 4 is 19.8 Å². The summed E-state index contributed by atoms with van der Waals surface area (Å²) in [6.07, 6.45) is -1.21. The van der Waals surface area contributed by atoms with E-state index in [0.717, 1.165) is 0 Å². The lowest BCUT2D eigenvalue weighted by molar-refractivity contribution is -0.140. The minimum absolute atomic E-state index is 0.0601. The maximum atomic E-state index is 11.7. The molecule has 1 aromatic rings. The fraction of sp³-hybridized carbons (Fsp3) is 0.385. The Bertz CT molecular complexity index is 633. The molecule has 10 nitrogen and oxygen atoms in total. The first kappa shape index (κ1) is 20.1. The highest BCUT2D eigenvalue weighted by Crippen LogP contribution is 2.44. The summed E-state index contributed by atoms with van der Waals surface area (Å²) in [5, 5.41) is 17.9. The van der Waals surface area contributed by atoms with E-state index in [-0.39, 0.29) is 12.2 Å². The number of nitrogens with two attached hydrogens (primary N) is 2. The van der Waals surface area contributed by atoms with Crippen LogP contribution >= 0.6 is 7.82 Å². The van der Waals surface area contributed by atoms with E-state index >= 15 is 0 Å². The lowest BCUT2D eigenvalue weighted by Crippen LogP contribution is -2.41. The van der Waals surface area contributed by atoms with Gasteiger partial charge in [-0.15, -0.1) is 0 Å². The smallest absolute Gasteiger partial charge is 0.480 e. The summed E-state index contributed by atoms with van der Waals surface area (Å²) in [7, 11) is -4.78. The van der Waals surface area contributed by atoms with E-state index < -0.39 is 37.9 Å². The predicted octanol–water partition coefficient (Wildman–Crippen LogP) is -0.629. The third kappa shape index (κ3) is 6.26. The summed E-state index contributed by atoms with van der Waals surface area (Å²) in [5.41, 5.74) is 11.2. The number of phosphoric ester groups is 1. The molecule has 4 atom stereocenters. The van der Waals surface area contributed by atoms with Crippen LogP contribution in [0.15, 0.2) is 24.3 Å². The average molecular weight is 362 g/mol. The van der Waals surface area contributed by atoms with Gasteiger partial charge in [-0.05, 0) is 31.0 Å². The minimum Gasteiger partial charge on any atom is -0.480 e. The maximum absolute atomic E-state index is 11.7. The molecule has 0 aliphatic carbocycles. The molecule has 0 aliphatic heterocycles. The molecular weight excluding hydrogens is 343 g/mol. The molecule has 1 rings (SSSR count). The normalized spacial score (nSPS) is 17.2. The molecule has 0 aliphatic rings. The molecule has 0 amide bonds. The monoisotopic (exact) mass is 362 g/mol. The van der Waals surface area contributed by atoms with Gasteiger partial charge in [0.1, 0.15) is 17.8 Å². The standard InChI is InChI=1S/C13H19N2O8P/c1-7(16)11(15)13(19)23-24(20,21)22-9-4-2-8(3-5-9)6-10(14)12(17)18/h2-5,7,10-11,16H,6,14-15H2,1H3,(H,17,18)(H,20,21)/t7-,10+,11+/m1/s1. The van der Waals surface area contributed by atoms with E-state index in [4.69, 9.17) is 26.2 Å². The van der Waals surface area contributed by atoms with Gasteiger partial charge in [-0.3, -0.25) is 9.69 Å². The molecule has 0 aromatic heterocycles. The van der Waals surface area contributed by atoms with Gasteiger partial charge < -0.3 is 30.7 Å². The fourth-order valence-electron chi connectivity index (χ4n) is 1.55. The topological polar surface area (TPSA) is 182 Å². The Labute approximate surface area is 137 Å². The van der Waals surface area contributed by atoms with Gasteiger partial charge in [0.15, 0.2) is 0 Å². The average Bonchev–Trinajstić information content (AvgIpc) is 2.47. The molecule has 0 heterocycles. The van der Waals surface area contributed by atoms with Crippen LogP contribution in [0, 0.1) is 0 Å². The zero-order valence-electron chi connectivity index (χ0n) is 12.7. The molecule has 1 aromatic carbocycles. The van der Waals surface area contributed by atoms with E-state index in [9.17, 15) is 19.0 Å². The third-order valence-corrected chi connectivity index (χ3v) is 3.77. The fourth-order valence-corrected chi connectivity index (χ4v) is 2.33. The Kier molecular flexibility index (Phi) is 6.88. The second-order valence-electron chi connectivity index (χ2n) is 5.03. The molecule has 7 N–H and O–H groups in total. The SMILES string of the molecule is C[C@@H](O)[C@H](N)C(=O)OP(=O)(O)Oc1ccc(C[C@H](N)C(=O)O)cc1. The van der Waals surface area contributed by atoms with Crippen molar-refractivity contribution in [3.8, 4) is 5.75 Å². The van der Waals surface area contributed by atoms with E-state index in [2.05, 4.69) is 4.52 Å². The lowest BCUT2D eigenvalue weighted by Gasteiger charge is -2.17. The van der Waals surface area contributed by atoms with Crippen LogP contribution in [-0.2, 0) is 25.1 Å². The van der Waals surface area contributed by atoms with E-state index in [1.165, 1.54) is 31.2 Å². The van der Waals surface area contributed by atoms with Crippen LogP contribution in [0.4, 0.5) is 0 Å². The van der Waals surface area contributed by atoms with Crippen molar-refractivity contribution in [3.63, 3.8) is 0 Å². The van der Waals surface area contributed by atoms with Crippen LogP contribution in [0.25, 0.3) is 0 Å². The van der Waals surface area contributed by atoms with E-state index in [1.54, 1.807) is 0 Å². The molecular formula is C13H19N2O8P. The maximum Gasteiger partial charge on any atom is 0.587 e. The van der Waals surface area contributed by atoms with Crippen LogP contribution in [0.2, 0.25) is 0 Å². The van der Waals surface area contributed by atoms with E-state index in [1.807, 2.05) is 0 Å². The Morgan fingerprint density at radius 1 is 1.25 bits per heavy atom. The first-order valence-electron chi connectivity index (χ1n) is 6.78. The quantitative estimate of drug-likeness (QED) is 0.373. The van der Waals surface area contributed by atoms with Gasteiger partial charge in [0.2, 0.25) is 0 Å². The van der Waals surface area contributed by atoms with Crippen molar-refractivity contribution in [3.05, 3.63) is 29.8 Å². The number of phosphoric acid groups is 1. The molecule has 134 valence electrons. The van der Waals surface area contributed by atoms with Gasteiger partial charge in [-0.25, -0.2) is 9.36 Å². The van der Waals surface area contributed by atoms with Crippen molar-refractivity contribution in [1.82, 2.24) is 0 Å². The number of aliphatic carboxylic acids is 1. The van der Waals surface area contributed by atoms with Crippen molar-refractivity contribution in [2.45, 2.75) is 31.5 Å². The van der Waals surface area contributed by atoms with Gasteiger partial charge in [-0.1, -0.05) is 12.1 Å². The number of hydrogen-bond donors (Lipinski definition) is 5. The summed E-state index contributed by atoms with van der Waals surface area (Å²) in [5.74, 6) is -2.54. The van der Waals surface area contributed by atoms with Crippen LogP contribution < -0.4 is 16.0 Å². The number of rotatable bonds is 8. The molecule has 0 saturated carbocycles. The predicted molar refractivity (Wildman–Crippen MR) is 82.0 cm³/mol. The molecule has 0 spiro atoms. The molecule has 0 bridgehead atoms. The highest BCUT2D eigenvalue weighted by molar-refractivity contribution is 7.48. The Morgan fingerprint density at radius 2 is 1.79 bits per heavy atom. The van der Waals surface area contributed by atoms with Gasteiger partial charge in [0.05, 0.1) is 6.10 Å². The summed E-state index contributed by atoms with van der Waals surface area (Å²) >= 11 is 0. The zero-order valence-corrected chi connectivity index (χ0v) is 13.6. The van der Waals surface area contributed by atoms with Gasteiger partial charge in [-0.2, -0.15) is 0 Å². The van der Waals surface area contributed by atoms with Crippen LogP contribution in [0.3, 0.4) is 0 Å². The number of carbonyl (C=O) groups excluding carboxylic acids is 1. The third-order valence-electron chi connectivity index (χ3n) is 2.91. The molecule has 0 saturated heterocycles. The first-order valence-corrected chi connectivity index (χ1v) is 8.28. The first-order chi connectivity index (χ1) is 11.0. The number of aliphatic hydroxyl groups is 1. The second-order valence-corrected chi connectivity index (χ2v) is 6.33. The Hall–Kier alpha value is -1.97. The van der Waals surface area contributed by atoms with Crippen molar-refractivity contribution in [2.24, 2.45) is 11.5 Å². The van der Waals surface area contributed by atoms with Crippen LogP contribution in [0.5, 0.6) is 5.75 Å². The van der Waals surface area contributed by atoms with Gasteiger partial charge in [0, 0.05) is 0 Å². The highest BCUT2D eigenvalue weighted by Gasteiger charge is 2.32. The summed E-state index contributed by atoms with van der Waals surface area (Å²) < 4.78 is 20.7. The minimum atomic E-state index is -4.78. The Morgan fingerprint density at radius 3 is 2.25 bits per heavy atom. The van der Waals surface area contributed by atoms with Crippen molar-refractivity contribution in [2.75, 3.05) is 0 Å². The number of hydrogen-bond acceptors (Lipinski definition) is 8. The number of benzene rings is 1. The molecule has 0 fully saturated rings. The number of carboxylic acids is 1. The number of carbonyl (C=O) groups is 2. The summed E-state index contributed by atoms with van der Waals surface area (Å²) in [6, 6.07) is 2.89. The summed E-state index contributed by atoms with van der Waals surface area (Å²) in [6.45, 7) is 1.22. The zero-order chi connectivity index (χ0) is 18.5. The van der Waals surface area contributed by atoms with Crippen molar-refractivity contribution < 1.29 is 38.3 Å². The highest BCUT2D eigenvalue weighted by atomic mass is 31.2.